The molecule has 16 heavy (non-hydrogen) atoms. The van der Waals surface area contributed by atoms with Crippen molar-refractivity contribution < 1.29 is 4.74 Å². The average Bonchev–Trinajstić information content (AvgIpc) is 2.26. The molecular formula is C14H17ClO. The van der Waals surface area contributed by atoms with Crippen molar-refractivity contribution >= 4 is 11.6 Å². The van der Waals surface area contributed by atoms with Crippen LogP contribution in [-0.4, -0.2) is 12.0 Å². The van der Waals surface area contributed by atoms with Gasteiger partial charge in [0.1, 0.15) is 5.75 Å². The van der Waals surface area contributed by atoms with Crippen molar-refractivity contribution in [1.82, 2.24) is 0 Å². The third kappa shape index (κ3) is 5.09. The molecule has 0 atom stereocenters. The third-order valence-corrected chi connectivity index (χ3v) is 2.16. The summed E-state index contributed by atoms with van der Waals surface area (Å²) in [6, 6.07) is 7.86. The largest absolute Gasteiger partial charge is 0.491 e. The van der Waals surface area contributed by atoms with E-state index in [0.717, 1.165) is 24.2 Å². The lowest BCUT2D eigenvalue weighted by Crippen LogP contribution is -2.05. The molecule has 0 saturated carbocycles. The summed E-state index contributed by atoms with van der Waals surface area (Å²) in [5, 5.41) is 0. The molecule has 0 fully saturated rings. The standard InChI is InChI=1S/C14H17ClO/c1-12(2)16-14-9-7-13(8-10-14)6-4-3-5-11-15/h7-10,12H,3,5,11H2,1-2H3. The van der Waals surface area contributed by atoms with Crippen LogP contribution in [0.2, 0.25) is 0 Å². The van der Waals surface area contributed by atoms with Crippen LogP contribution in [0.25, 0.3) is 0 Å². The summed E-state index contributed by atoms with van der Waals surface area (Å²) in [6.45, 7) is 4.03. The lowest BCUT2D eigenvalue weighted by Gasteiger charge is -2.08. The molecule has 1 nitrogen and oxygen atoms in total. The molecular weight excluding hydrogens is 220 g/mol. The Kier molecular flexibility index (Phi) is 5.82. The lowest BCUT2D eigenvalue weighted by atomic mass is 10.2. The molecule has 0 radical (unpaired) electrons. The zero-order valence-corrected chi connectivity index (χ0v) is 10.6. The number of hydrogen-bond donors (Lipinski definition) is 0. The lowest BCUT2D eigenvalue weighted by molar-refractivity contribution is 0.242. The second-order valence-corrected chi connectivity index (χ2v) is 4.16. The van der Waals surface area contributed by atoms with Gasteiger partial charge in [-0.05, 0) is 44.5 Å². The van der Waals surface area contributed by atoms with E-state index in [1.807, 2.05) is 38.1 Å². The Balaban J connectivity index is 2.53. The van der Waals surface area contributed by atoms with E-state index in [-0.39, 0.29) is 6.10 Å². The van der Waals surface area contributed by atoms with E-state index in [9.17, 15) is 0 Å². The summed E-state index contributed by atoms with van der Waals surface area (Å²) >= 11 is 5.57. The minimum atomic E-state index is 0.209. The van der Waals surface area contributed by atoms with Crippen LogP contribution in [0.1, 0.15) is 32.3 Å². The van der Waals surface area contributed by atoms with Crippen LogP contribution in [0, 0.1) is 11.8 Å². The summed E-state index contributed by atoms with van der Waals surface area (Å²) < 4.78 is 5.55. The van der Waals surface area contributed by atoms with Gasteiger partial charge in [0.25, 0.3) is 0 Å². The van der Waals surface area contributed by atoms with Gasteiger partial charge in [0.2, 0.25) is 0 Å². The predicted octanol–water partition coefficient (Wildman–Crippen LogP) is 3.84. The number of benzene rings is 1. The van der Waals surface area contributed by atoms with Gasteiger partial charge in [-0.2, -0.15) is 0 Å². The number of unbranched alkanes of at least 4 members (excludes halogenated alkanes) is 1. The Morgan fingerprint density at radius 3 is 2.50 bits per heavy atom. The van der Waals surface area contributed by atoms with Gasteiger partial charge in [0.05, 0.1) is 6.10 Å². The first-order valence-electron chi connectivity index (χ1n) is 5.54. The van der Waals surface area contributed by atoms with Crippen LogP contribution in [-0.2, 0) is 0 Å². The smallest absolute Gasteiger partial charge is 0.119 e. The zero-order valence-electron chi connectivity index (χ0n) is 9.79. The number of ether oxygens (including phenoxy) is 1. The first-order valence-corrected chi connectivity index (χ1v) is 6.07. The van der Waals surface area contributed by atoms with Crippen LogP contribution < -0.4 is 4.74 Å². The SMILES string of the molecule is CC(C)Oc1ccc(C#CCCCCl)cc1. The minimum Gasteiger partial charge on any atom is -0.491 e. The molecule has 0 heterocycles. The Hall–Kier alpha value is -1.13. The second-order valence-electron chi connectivity index (χ2n) is 3.79. The fraction of sp³-hybridized carbons (Fsp3) is 0.429. The third-order valence-electron chi connectivity index (χ3n) is 1.89. The van der Waals surface area contributed by atoms with E-state index in [1.165, 1.54) is 0 Å². The highest BCUT2D eigenvalue weighted by atomic mass is 35.5. The maximum Gasteiger partial charge on any atom is 0.119 e. The van der Waals surface area contributed by atoms with Crippen molar-refractivity contribution in [3.05, 3.63) is 29.8 Å². The molecule has 0 aliphatic heterocycles. The van der Waals surface area contributed by atoms with Gasteiger partial charge in [-0.3, -0.25) is 0 Å². The fourth-order valence-corrected chi connectivity index (χ4v) is 1.34. The first-order chi connectivity index (χ1) is 7.72. The predicted molar refractivity (Wildman–Crippen MR) is 69.0 cm³/mol. The van der Waals surface area contributed by atoms with Gasteiger partial charge < -0.3 is 4.74 Å². The van der Waals surface area contributed by atoms with E-state index in [0.29, 0.717) is 5.88 Å². The van der Waals surface area contributed by atoms with Crippen molar-refractivity contribution in [2.45, 2.75) is 32.8 Å². The van der Waals surface area contributed by atoms with Gasteiger partial charge in [-0.15, -0.1) is 11.6 Å². The van der Waals surface area contributed by atoms with Crippen molar-refractivity contribution in [3.8, 4) is 17.6 Å². The highest BCUT2D eigenvalue weighted by molar-refractivity contribution is 6.17. The molecule has 1 aromatic rings. The molecule has 0 aliphatic carbocycles. The Morgan fingerprint density at radius 1 is 1.25 bits per heavy atom. The maximum atomic E-state index is 5.57. The molecule has 1 rings (SSSR count). The molecule has 0 spiro atoms. The Bertz CT molecular complexity index is 357. The van der Waals surface area contributed by atoms with Crippen LogP contribution in [0.15, 0.2) is 24.3 Å². The highest BCUT2D eigenvalue weighted by Crippen LogP contribution is 2.13. The van der Waals surface area contributed by atoms with Crippen molar-refractivity contribution in [2.75, 3.05) is 5.88 Å². The van der Waals surface area contributed by atoms with Crippen LogP contribution in [0.4, 0.5) is 0 Å². The molecule has 0 N–H and O–H groups in total. The Morgan fingerprint density at radius 2 is 1.94 bits per heavy atom. The average molecular weight is 237 g/mol. The van der Waals surface area contributed by atoms with Crippen molar-refractivity contribution in [3.63, 3.8) is 0 Å². The molecule has 0 aliphatic rings. The molecule has 0 unspecified atom stereocenters. The van der Waals surface area contributed by atoms with E-state index >= 15 is 0 Å². The number of alkyl halides is 1. The zero-order chi connectivity index (χ0) is 11.8. The van der Waals surface area contributed by atoms with E-state index in [1.54, 1.807) is 0 Å². The van der Waals surface area contributed by atoms with E-state index < -0.39 is 0 Å². The first kappa shape index (κ1) is 12.9. The molecule has 0 bridgehead atoms. The quantitative estimate of drug-likeness (QED) is 0.439. The van der Waals surface area contributed by atoms with Crippen molar-refractivity contribution in [2.24, 2.45) is 0 Å². The van der Waals surface area contributed by atoms with Gasteiger partial charge in [0, 0.05) is 17.9 Å². The molecule has 2 heteroatoms. The molecule has 0 amide bonds. The fourth-order valence-electron chi connectivity index (χ4n) is 1.21. The van der Waals surface area contributed by atoms with E-state index in [4.69, 9.17) is 16.3 Å². The van der Waals surface area contributed by atoms with Crippen LogP contribution >= 0.6 is 11.6 Å². The normalized spacial score (nSPS) is 9.75. The van der Waals surface area contributed by atoms with E-state index in [2.05, 4.69) is 11.8 Å². The molecule has 86 valence electrons. The number of rotatable bonds is 4. The molecule has 1 aromatic carbocycles. The van der Waals surface area contributed by atoms with Gasteiger partial charge in [0.15, 0.2) is 0 Å². The maximum absolute atomic E-state index is 5.57. The monoisotopic (exact) mass is 236 g/mol. The number of hydrogen-bond acceptors (Lipinski definition) is 1. The van der Waals surface area contributed by atoms with Crippen molar-refractivity contribution in [1.29, 1.82) is 0 Å². The second kappa shape index (κ2) is 7.19. The summed E-state index contributed by atoms with van der Waals surface area (Å²) in [6.07, 6.45) is 2.01. The Labute approximate surface area is 103 Å². The number of halogens is 1. The summed E-state index contributed by atoms with van der Waals surface area (Å²) in [7, 11) is 0. The minimum absolute atomic E-state index is 0.209. The van der Waals surface area contributed by atoms with Crippen LogP contribution in [0.3, 0.4) is 0 Å². The molecule has 0 saturated heterocycles. The topological polar surface area (TPSA) is 9.23 Å². The summed E-state index contributed by atoms with van der Waals surface area (Å²) in [5.74, 6) is 7.75. The highest BCUT2D eigenvalue weighted by Gasteiger charge is 1.96. The van der Waals surface area contributed by atoms with Gasteiger partial charge in [-0.1, -0.05) is 11.8 Å². The summed E-state index contributed by atoms with van der Waals surface area (Å²) in [4.78, 5) is 0. The van der Waals surface area contributed by atoms with Gasteiger partial charge >= 0.3 is 0 Å². The van der Waals surface area contributed by atoms with Gasteiger partial charge in [-0.25, -0.2) is 0 Å². The molecule has 0 aromatic heterocycles. The van der Waals surface area contributed by atoms with Crippen LogP contribution in [0.5, 0.6) is 5.75 Å². The summed E-state index contributed by atoms with van der Waals surface area (Å²) in [5.41, 5.74) is 1.02.